The summed E-state index contributed by atoms with van der Waals surface area (Å²) in [5.74, 6) is 0.816. The molecule has 0 saturated carbocycles. The minimum Gasteiger partial charge on any atom is -0.497 e. The van der Waals surface area contributed by atoms with Crippen molar-refractivity contribution < 1.29 is 4.74 Å². The van der Waals surface area contributed by atoms with E-state index < -0.39 is 0 Å². The monoisotopic (exact) mass is 343 g/mol. The molecule has 0 amide bonds. The van der Waals surface area contributed by atoms with Crippen LogP contribution in [0.1, 0.15) is 16.7 Å². The highest BCUT2D eigenvalue weighted by Crippen LogP contribution is 2.32. The van der Waals surface area contributed by atoms with E-state index in [2.05, 4.69) is 58.5 Å². The number of hydrogen-bond donors (Lipinski definition) is 0. The number of hydrogen-bond acceptors (Lipinski definition) is 4. The second-order valence-corrected chi connectivity index (χ2v) is 6.49. The zero-order chi connectivity index (χ0) is 17.9. The molecule has 4 rings (SSSR count). The number of ether oxygens (including phenoxy) is 1. The van der Waals surface area contributed by atoms with Gasteiger partial charge in [0.25, 0.3) is 0 Å². The molecule has 4 heteroatoms. The predicted octanol–water partition coefficient (Wildman–Crippen LogP) is 5.94. The van der Waals surface area contributed by atoms with Crippen LogP contribution in [0.5, 0.6) is 5.75 Å². The van der Waals surface area contributed by atoms with Crippen molar-refractivity contribution in [3.05, 3.63) is 83.4 Å². The summed E-state index contributed by atoms with van der Waals surface area (Å²) in [6.07, 6.45) is 0. The topological polar surface area (TPSA) is 37.2 Å². The summed E-state index contributed by atoms with van der Waals surface area (Å²) >= 11 is 0. The molecular weight excluding hydrogens is 322 g/mol. The fourth-order valence-corrected chi connectivity index (χ4v) is 3.22. The third-order valence-electron chi connectivity index (χ3n) is 4.73. The largest absolute Gasteiger partial charge is 0.497 e. The Morgan fingerprint density at radius 2 is 1.54 bits per heavy atom. The van der Waals surface area contributed by atoms with Gasteiger partial charge < -0.3 is 9.64 Å². The molecule has 3 aromatic rings. The highest BCUT2D eigenvalue weighted by Gasteiger charge is 2.18. The van der Waals surface area contributed by atoms with Gasteiger partial charge in [0.2, 0.25) is 0 Å². The zero-order valence-electron chi connectivity index (χ0n) is 15.0. The van der Waals surface area contributed by atoms with Crippen LogP contribution >= 0.6 is 0 Å². The Balaban J connectivity index is 1.50. The van der Waals surface area contributed by atoms with Crippen LogP contribution in [0.15, 0.2) is 77.0 Å². The summed E-state index contributed by atoms with van der Waals surface area (Å²) in [5, 5.41) is 8.73. The van der Waals surface area contributed by atoms with E-state index in [4.69, 9.17) is 4.74 Å². The molecule has 4 nitrogen and oxygen atoms in total. The molecule has 0 atom stereocenters. The summed E-state index contributed by atoms with van der Waals surface area (Å²) < 4.78 is 5.16. The number of fused-ring (bicyclic) bond motifs is 1. The Bertz CT molecular complexity index is 923. The van der Waals surface area contributed by atoms with Gasteiger partial charge in [0.05, 0.1) is 18.5 Å². The third-order valence-corrected chi connectivity index (χ3v) is 4.73. The van der Waals surface area contributed by atoms with Crippen LogP contribution in [-0.2, 0) is 13.1 Å². The van der Waals surface area contributed by atoms with E-state index in [1.165, 1.54) is 16.8 Å². The molecule has 1 aliphatic rings. The Kier molecular flexibility index (Phi) is 4.40. The van der Waals surface area contributed by atoms with E-state index >= 15 is 0 Å². The Morgan fingerprint density at radius 1 is 0.846 bits per heavy atom. The van der Waals surface area contributed by atoms with E-state index in [-0.39, 0.29) is 0 Å². The van der Waals surface area contributed by atoms with Crippen molar-refractivity contribution in [2.75, 3.05) is 12.0 Å². The van der Waals surface area contributed by atoms with Crippen molar-refractivity contribution >= 4 is 17.1 Å². The van der Waals surface area contributed by atoms with Gasteiger partial charge in [-0.25, -0.2) is 0 Å². The molecule has 3 aromatic carbocycles. The highest BCUT2D eigenvalue weighted by molar-refractivity contribution is 5.59. The maximum atomic E-state index is 5.16. The van der Waals surface area contributed by atoms with Crippen LogP contribution < -0.4 is 9.64 Å². The first-order chi connectivity index (χ1) is 12.7. The number of rotatable bonds is 4. The first kappa shape index (κ1) is 16.3. The van der Waals surface area contributed by atoms with E-state index in [9.17, 15) is 0 Å². The van der Waals surface area contributed by atoms with E-state index in [0.29, 0.717) is 0 Å². The minimum absolute atomic E-state index is 0.810. The molecule has 26 heavy (non-hydrogen) atoms. The van der Waals surface area contributed by atoms with Crippen LogP contribution in [0.4, 0.5) is 17.1 Å². The van der Waals surface area contributed by atoms with Crippen molar-refractivity contribution in [3.63, 3.8) is 0 Å². The van der Waals surface area contributed by atoms with Crippen molar-refractivity contribution in [2.45, 2.75) is 20.0 Å². The molecular formula is C22H21N3O. The van der Waals surface area contributed by atoms with E-state index in [0.717, 1.165) is 35.8 Å². The van der Waals surface area contributed by atoms with Crippen molar-refractivity contribution in [2.24, 2.45) is 10.2 Å². The molecule has 0 N–H and O–H groups in total. The first-order valence-electron chi connectivity index (χ1n) is 8.71. The summed E-state index contributed by atoms with van der Waals surface area (Å²) in [6, 6.07) is 22.5. The summed E-state index contributed by atoms with van der Waals surface area (Å²) in [4.78, 5) is 2.39. The molecule has 1 aliphatic heterocycles. The van der Waals surface area contributed by atoms with E-state index in [1.54, 1.807) is 7.11 Å². The number of azo groups is 1. The van der Waals surface area contributed by atoms with Crippen LogP contribution in [0.3, 0.4) is 0 Å². The minimum atomic E-state index is 0.810. The lowest BCUT2D eigenvalue weighted by Gasteiger charge is -2.18. The molecule has 0 unspecified atom stereocenters. The number of aryl methyl sites for hydroxylation is 1. The second-order valence-electron chi connectivity index (χ2n) is 6.49. The van der Waals surface area contributed by atoms with Crippen LogP contribution in [0.2, 0.25) is 0 Å². The average molecular weight is 343 g/mol. The van der Waals surface area contributed by atoms with Crippen molar-refractivity contribution in [1.29, 1.82) is 0 Å². The smallest absolute Gasteiger partial charge is 0.119 e. The zero-order valence-corrected chi connectivity index (χ0v) is 15.0. The van der Waals surface area contributed by atoms with Gasteiger partial charge in [0, 0.05) is 18.8 Å². The fraction of sp³-hybridized carbons (Fsp3) is 0.182. The maximum absolute atomic E-state index is 5.16. The molecule has 130 valence electrons. The molecule has 0 fully saturated rings. The number of benzene rings is 3. The second kappa shape index (κ2) is 7.00. The van der Waals surface area contributed by atoms with Crippen LogP contribution in [0, 0.1) is 6.92 Å². The van der Waals surface area contributed by atoms with Crippen LogP contribution in [-0.4, -0.2) is 7.11 Å². The van der Waals surface area contributed by atoms with Crippen molar-refractivity contribution in [1.82, 2.24) is 0 Å². The number of nitrogens with zero attached hydrogens (tertiary/aromatic N) is 3. The van der Waals surface area contributed by atoms with Gasteiger partial charge in [0.15, 0.2) is 0 Å². The van der Waals surface area contributed by atoms with Gasteiger partial charge in [-0.1, -0.05) is 24.3 Å². The average Bonchev–Trinajstić information content (AvgIpc) is 3.11. The first-order valence-corrected chi connectivity index (χ1v) is 8.71. The predicted molar refractivity (Wildman–Crippen MR) is 105 cm³/mol. The lowest BCUT2D eigenvalue weighted by atomic mass is 10.1. The molecule has 1 heterocycles. The SMILES string of the molecule is COc1ccc(N=Nc2ccc(N3Cc4ccccc4C3)cc2C)cc1. The van der Waals surface area contributed by atoms with Gasteiger partial charge in [-0.15, -0.1) is 0 Å². The van der Waals surface area contributed by atoms with Crippen LogP contribution in [0.25, 0.3) is 0 Å². The molecule has 0 spiro atoms. The number of methoxy groups -OCH3 is 1. The number of anilines is 1. The van der Waals surface area contributed by atoms with Crippen molar-refractivity contribution in [3.8, 4) is 5.75 Å². The summed E-state index contributed by atoms with van der Waals surface area (Å²) in [7, 11) is 1.65. The Morgan fingerprint density at radius 3 is 2.15 bits per heavy atom. The molecule has 0 aromatic heterocycles. The van der Waals surface area contributed by atoms with Gasteiger partial charge >= 0.3 is 0 Å². The molecule has 0 radical (unpaired) electrons. The van der Waals surface area contributed by atoms with Gasteiger partial charge in [-0.2, -0.15) is 10.2 Å². The third kappa shape index (κ3) is 3.31. The normalized spacial score (nSPS) is 13.2. The Labute approximate surface area is 153 Å². The standard InChI is InChI=1S/C22H21N3O/c1-16-13-20(25-14-17-5-3-4-6-18(17)15-25)9-12-22(16)24-23-19-7-10-21(26-2)11-8-19/h3-13H,14-15H2,1-2H3. The summed E-state index contributed by atoms with van der Waals surface area (Å²) in [6.45, 7) is 4.00. The van der Waals surface area contributed by atoms with Gasteiger partial charge in [0.1, 0.15) is 5.75 Å². The quantitative estimate of drug-likeness (QED) is 0.550. The lowest BCUT2D eigenvalue weighted by Crippen LogP contribution is -2.14. The van der Waals surface area contributed by atoms with E-state index in [1.807, 2.05) is 30.3 Å². The Hall–Kier alpha value is -3.14. The van der Waals surface area contributed by atoms with Gasteiger partial charge in [-0.3, -0.25) is 0 Å². The maximum Gasteiger partial charge on any atom is 0.119 e. The summed E-state index contributed by atoms with van der Waals surface area (Å²) in [5.41, 5.74) is 6.87. The molecule has 0 saturated heterocycles. The molecule has 0 bridgehead atoms. The molecule has 0 aliphatic carbocycles. The lowest BCUT2D eigenvalue weighted by molar-refractivity contribution is 0.415. The highest BCUT2D eigenvalue weighted by atomic mass is 16.5. The fourth-order valence-electron chi connectivity index (χ4n) is 3.22. The van der Waals surface area contributed by atoms with Gasteiger partial charge in [-0.05, 0) is 66.1 Å².